The largest absolute Gasteiger partial charge is 0.0798 e. The fraction of sp³-hybridized carbons (Fsp3) is 0.350. The highest BCUT2D eigenvalue weighted by atomic mass is 28.2. The molecule has 0 fully saturated rings. The molecule has 0 spiro atoms. The van der Waals surface area contributed by atoms with Gasteiger partial charge in [-0.2, -0.15) is 0 Å². The van der Waals surface area contributed by atoms with Crippen LogP contribution in [0.3, 0.4) is 0 Å². The molecule has 0 nitrogen and oxygen atoms in total. The van der Waals surface area contributed by atoms with Gasteiger partial charge >= 0.3 is 0 Å². The third-order valence-electron chi connectivity index (χ3n) is 4.34. The van der Waals surface area contributed by atoms with Crippen LogP contribution in [0.4, 0.5) is 0 Å². The maximum Gasteiger partial charge on any atom is 0.0144 e. The molecule has 0 atom stereocenters. The molecule has 0 N–H and O–H groups in total. The molecular weight excluding hydrogens is 268 g/mol. The van der Waals surface area contributed by atoms with Gasteiger partial charge in [-0.25, -0.2) is 0 Å². The zero-order chi connectivity index (χ0) is 14.8. The van der Waals surface area contributed by atoms with Crippen LogP contribution in [0.15, 0.2) is 53.1 Å². The minimum atomic E-state index is -0.497. The van der Waals surface area contributed by atoms with Crippen LogP contribution in [0.25, 0.3) is 0 Å². The Bertz CT molecular complexity index is 680. The SMILES string of the molecule is CCCCC1=C(C2=[C]c3ccccc3C2=[Si](C)C)CC=C1. The van der Waals surface area contributed by atoms with E-state index in [-0.39, 0.29) is 0 Å². The van der Waals surface area contributed by atoms with Crippen LogP contribution in [-0.2, 0) is 0 Å². The van der Waals surface area contributed by atoms with E-state index in [2.05, 4.69) is 62.5 Å². The summed E-state index contributed by atoms with van der Waals surface area (Å²) in [6.07, 6.45) is 13.3. The number of unbranched alkanes of at least 4 members (excludes halogenated alkanes) is 1. The van der Waals surface area contributed by atoms with Gasteiger partial charge in [0.2, 0.25) is 0 Å². The van der Waals surface area contributed by atoms with Gasteiger partial charge in [-0.3, -0.25) is 0 Å². The van der Waals surface area contributed by atoms with Gasteiger partial charge in [0.25, 0.3) is 0 Å². The normalized spacial score (nSPS) is 16.5. The van der Waals surface area contributed by atoms with E-state index in [0.717, 1.165) is 6.42 Å². The van der Waals surface area contributed by atoms with Gasteiger partial charge in [0, 0.05) is 8.41 Å². The van der Waals surface area contributed by atoms with E-state index in [1.165, 1.54) is 36.0 Å². The molecule has 0 saturated heterocycles. The van der Waals surface area contributed by atoms with E-state index in [1.54, 1.807) is 16.3 Å². The van der Waals surface area contributed by atoms with Crippen molar-refractivity contribution in [2.24, 2.45) is 0 Å². The van der Waals surface area contributed by atoms with Gasteiger partial charge in [0.05, 0.1) is 0 Å². The van der Waals surface area contributed by atoms with Crippen LogP contribution in [-0.4, -0.2) is 13.6 Å². The Labute approximate surface area is 130 Å². The zero-order valence-corrected chi connectivity index (χ0v) is 14.3. The molecule has 0 heterocycles. The highest BCUT2D eigenvalue weighted by Gasteiger charge is 2.24. The summed E-state index contributed by atoms with van der Waals surface area (Å²) in [5.41, 5.74) is 7.24. The highest BCUT2D eigenvalue weighted by Crippen LogP contribution is 2.35. The molecule has 0 aliphatic heterocycles. The Kier molecular flexibility index (Phi) is 4.21. The second kappa shape index (κ2) is 6.11. The zero-order valence-electron chi connectivity index (χ0n) is 13.3. The molecule has 3 rings (SSSR count). The van der Waals surface area contributed by atoms with Crippen LogP contribution in [0.2, 0.25) is 13.1 Å². The number of benzene rings is 1. The second-order valence-electron chi connectivity index (χ2n) is 6.13. The fourth-order valence-corrected chi connectivity index (χ4v) is 4.77. The molecule has 2 aliphatic carbocycles. The lowest BCUT2D eigenvalue weighted by Crippen LogP contribution is -2.13. The Balaban J connectivity index is 2.06. The van der Waals surface area contributed by atoms with Gasteiger partial charge in [0.1, 0.15) is 0 Å². The van der Waals surface area contributed by atoms with Crippen molar-refractivity contribution in [2.75, 3.05) is 0 Å². The molecule has 0 amide bonds. The first-order valence-electron chi connectivity index (χ1n) is 8.02. The first kappa shape index (κ1) is 14.5. The molecule has 0 bridgehead atoms. The molecular formula is C20H23Si. The molecule has 2 aliphatic rings. The summed E-state index contributed by atoms with van der Waals surface area (Å²) in [5, 5.41) is 1.59. The number of fused-ring (bicyclic) bond motifs is 1. The molecule has 1 radical (unpaired) electrons. The summed E-state index contributed by atoms with van der Waals surface area (Å²) in [4.78, 5) is 0. The van der Waals surface area contributed by atoms with Crippen LogP contribution in [0.1, 0.15) is 43.7 Å². The van der Waals surface area contributed by atoms with Gasteiger partial charge < -0.3 is 0 Å². The van der Waals surface area contributed by atoms with Crippen LogP contribution in [0, 0.1) is 6.08 Å². The van der Waals surface area contributed by atoms with Crippen LogP contribution < -0.4 is 0 Å². The van der Waals surface area contributed by atoms with E-state index in [9.17, 15) is 0 Å². The second-order valence-corrected chi connectivity index (χ2v) is 8.63. The van der Waals surface area contributed by atoms with E-state index in [0.29, 0.717) is 0 Å². The van der Waals surface area contributed by atoms with Crippen molar-refractivity contribution >= 4 is 13.6 Å². The van der Waals surface area contributed by atoms with Crippen molar-refractivity contribution in [3.05, 3.63) is 70.3 Å². The molecule has 1 aromatic carbocycles. The van der Waals surface area contributed by atoms with Gasteiger partial charge in [-0.1, -0.05) is 62.9 Å². The minimum Gasteiger partial charge on any atom is -0.0798 e. The predicted octanol–water partition coefficient (Wildman–Crippen LogP) is 5.08. The Morgan fingerprint density at radius 1 is 1.19 bits per heavy atom. The van der Waals surface area contributed by atoms with Crippen molar-refractivity contribution in [2.45, 2.75) is 45.7 Å². The number of rotatable bonds is 4. The maximum atomic E-state index is 3.72. The molecule has 0 aromatic heterocycles. The summed E-state index contributed by atoms with van der Waals surface area (Å²) in [6.45, 7) is 7.07. The number of hydrogen-bond donors (Lipinski definition) is 0. The summed E-state index contributed by atoms with van der Waals surface area (Å²) >= 11 is 0. The summed E-state index contributed by atoms with van der Waals surface area (Å²) < 4.78 is 0. The molecule has 1 heteroatoms. The van der Waals surface area contributed by atoms with Crippen molar-refractivity contribution in [1.29, 1.82) is 0 Å². The summed E-state index contributed by atoms with van der Waals surface area (Å²) in [7, 11) is -0.497. The van der Waals surface area contributed by atoms with E-state index < -0.39 is 8.41 Å². The van der Waals surface area contributed by atoms with Gasteiger partial charge in [0.15, 0.2) is 0 Å². The van der Waals surface area contributed by atoms with Crippen molar-refractivity contribution in [1.82, 2.24) is 0 Å². The van der Waals surface area contributed by atoms with Crippen molar-refractivity contribution < 1.29 is 0 Å². The highest BCUT2D eigenvalue weighted by molar-refractivity contribution is 6.75. The quantitative estimate of drug-likeness (QED) is 0.679. The summed E-state index contributed by atoms with van der Waals surface area (Å²) in [6, 6.07) is 8.77. The van der Waals surface area contributed by atoms with E-state index in [1.807, 2.05) is 0 Å². The Morgan fingerprint density at radius 3 is 2.76 bits per heavy atom. The lowest BCUT2D eigenvalue weighted by Gasteiger charge is -2.13. The van der Waals surface area contributed by atoms with Crippen molar-refractivity contribution in [3.8, 4) is 0 Å². The average Bonchev–Trinajstić information content (AvgIpc) is 3.08. The Morgan fingerprint density at radius 2 is 2.00 bits per heavy atom. The molecule has 107 valence electrons. The monoisotopic (exact) mass is 291 g/mol. The lowest BCUT2D eigenvalue weighted by molar-refractivity contribution is 0.795. The predicted molar refractivity (Wildman–Crippen MR) is 94.2 cm³/mol. The van der Waals surface area contributed by atoms with Gasteiger partial charge in [-0.05, 0) is 58.4 Å². The first-order chi connectivity index (χ1) is 10.2. The van der Waals surface area contributed by atoms with E-state index >= 15 is 0 Å². The number of allylic oxidation sites excluding steroid dienone is 5. The minimum absolute atomic E-state index is 0.497. The standard InChI is InChI=1S/C20H23Si/c1-4-5-9-15-11-8-13-17(15)19-14-16-10-6-7-12-18(16)20(19)21(2)3/h6-8,10-12H,4-5,9,13H2,1-3H3. The topological polar surface area (TPSA) is 0 Å². The summed E-state index contributed by atoms with van der Waals surface area (Å²) in [5.74, 6) is 0. The van der Waals surface area contributed by atoms with Crippen LogP contribution in [0.5, 0.6) is 0 Å². The Hall–Kier alpha value is -1.47. The third kappa shape index (κ3) is 2.67. The number of hydrogen-bond acceptors (Lipinski definition) is 0. The maximum absolute atomic E-state index is 3.72. The smallest absolute Gasteiger partial charge is 0.0144 e. The molecule has 0 saturated carbocycles. The first-order valence-corrected chi connectivity index (χ1v) is 10.5. The molecule has 0 unspecified atom stereocenters. The van der Waals surface area contributed by atoms with Gasteiger partial charge in [-0.15, -0.1) is 0 Å². The fourth-order valence-electron chi connectivity index (χ4n) is 3.30. The average molecular weight is 291 g/mol. The molecule has 21 heavy (non-hydrogen) atoms. The van der Waals surface area contributed by atoms with E-state index in [4.69, 9.17) is 0 Å². The lowest BCUT2D eigenvalue weighted by atomic mass is 9.96. The third-order valence-corrected chi connectivity index (χ3v) is 5.86. The molecule has 1 aromatic rings. The van der Waals surface area contributed by atoms with Crippen LogP contribution >= 0.6 is 0 Å². The van der Waals surface area contributed by atoms with Crippen molar-refractivity contribution in [3.63, 3.8) is 0 Å².